The number of nitrogens with zero attached hydrogens (tertiary/aromatic N) is 1. The molecule has 3 aromatic carbocycles. The summed E-state index contributed by atoms with van der Waals surface area (Å²) in [6.45, 7) is 5.67. The molecule has 5 rings (SSSR count). The fourth-order valence-corrected chi connectivity index (χ4v) is 4.55. The average Bonchev–Trinajstić information content (AvgIpc) is 3.43. The minimum atomic E-state index is -0.428. The SMILES string of the molecule is CC(=O)ON=C(CCC(C)C)c1ccc2c(c1)Cc1cc(C(=O)c3cc4ccccc4o3)ccc1-2. The molecule has 5 heteroatoms. The molecular weight excluding hydrogens is 438 g/mol. The van der Waals surface area contributed by atoms with Crippen LogP contribution in [0.5, 0.6) is 0 Å². The topological polar surface area (TPSA) is 68.9 Å². The zero-order valence-corrected chi connectivity index (χ0v) is 20.1. The largest absolute Gasteiger partial charge is 0.453 e. The average molecular weight is 466 g/mol. The van der Waals surface area contributed by atoms with Gasteiger partial charge >= 0.3 is 5.97 Å². The molecule has 1 aliphatic carbocycles. The second-order valence-electron chi connectivity index (χ2n) is 9.45. The Bertz CT molecular complexity index is 1440. The van der Waals surface area contributed by atoms with E-state index in [1.165, 1.54) is 12.5 Å². The highest BCUT2D eigenvalue weighted by atomic mass is 16.7. The van der Waals surface area contributed by atoms with Gasteiger partial charge in [0, 0.05) is 17.9 Å². The van der Waals surface area contributed by atoms with Crippen LogP contribution in [-0.2, 0) is 16.1 Å². The van der Waals surface area contributed by atoms with Crippen LogP contribution in [0.25, 0.3) is 22.1 Å². The van der Waals surface area contributed by atoms with Gasteiger partial charge in [-0.1, -0.05) is 61.5 Å². The Hall–Kier alpha value is -3.99. The van der Waals surface area contributed by atoms with Crippen molar-refractivity contribution in [1.29, 1.82) is 0 Å². The molecule has 0 radical (unpaired) electrons. The van der Waals surface area contributed by atoms with Gasteiger partial charge in [0.05, 0.1) is 5.71 Å². The molecule has 0 spiro atoms. The molecule has 0 amide bonds. The molecule has 35 heavy (non-hydrogen) atoms. The van der Waals surface area contributed by atoms with E-state index in [1.807, 2.05) is 48.5 Å². The maximum Gasteiger partial charge on any atom is 0.331 e. The van der Waals surface area contributed by atoms with Gasteiger partial charge < -0.3 is 9.25 Å². The molecule has 4 aromatic rings. The van der Waals surface area contributed by atoms with Crippen LogP contribution in [0, 0.1) is 5.92 Å². The number of oxime groups is 1. The van der Waals surface area contributed by atoms with E-state index in [0.717, 1.165) is 52.6 Å². The fraction of sp³-hybridized carbons (Fsp3) is 0.233. The van der Waals surface area contributed by atoms with Gasteiger partial charge in [0.2, 0.25) is 5.78 Å². The summed E-state index contributed by atoms with van der Waals surface area (Å²) in [5.41, 5.74) is 7.62. The predicted octanol–water partition coefficient (Wildman–Crippen LogP) is 6.94. The molecule has 1 heterocycles. The van der Waals surface area contributed by atoms with Crippen LogP contribution in [-0.4, -0.2) is 17.5 Å². The summed E-state index contributed by atoms with van der Waals surface area (Å²) in [6.07, 6.45) is 2.41. The summed E-state index contributed by atoms with van der Waals surface area (Å²) in [6, 6.07) is 21.5. The first kappa shape index (κ1) is 22.8. The third kappa shape index (κ3) is 4.67. The van der Waals surface area contributed by atoms with Crippen LogP contribution in [0.4, 0.5) is 0 Å². The van der Waals surface area contributed by atoms with E-state index in [9.17, 15) is 9.59 Å². The number of hydrogen-bond donors (Lipinski definition) is 0. The number of rotatable bonds is 7. The summed E-state index contributed by atoms with van der Waals surface area (Å²) in [5.74, 6) is 0.312. The molecule has 0 aliphatic heterocycles. The van der Waals surface area contributed by atoms with Crippen molar-refractivity contribution in [3.8, 4) is 11.1 Å². The lowest BCUT2D eigenvalue weighted by atomic mass is 9.97. The van der Waals surface area contributed by atoms with Gasteiger partial charge in [0.15, 0.2) is 5.76 Å². The minimum absolute atomic E-state index is 0.120. The van der Waals surface area contributed by atoms with Crippen LogP contribution in [0.3, 0.4) is 0 Å². The third-order valence-corrected chi connectivity index (χ3v) is 6.37. The highest BCUT2D eigenvalue weighted by molar-refractivity contribution is 6.09. The molecule has 0 saturated heterocycles. The Labute approximate surface area is 204 Å². The van der Waals surface area contributed by atoms with Crippen molar-refractivity contribution in [3.05, 3.63) is 94.7 Å². The standard InChI is InChI=1S/C30H27NO4/c1-18(2)8-13-27(31-35-19(3)32)20-9-11-25-23(14-20)16-24-15-22(10-12-26(24)25)30(33)29-17-21-6-4-5-7-28(21)34-29/h4-7,9-12,14-15,17-18H,8,13,16H2,1-3H3. The normalized spacial score (nSPS) is 12.6. The first-order valence-electron chi connectivity index (χ1n) is 11.9. The van der Waals surface area contributed by atoms with E-state index in [-0.39, 0.29) is 5.78 Å². The summed E-state index contributed by atoms with van der Waals surface area (Å²) < 4.78 is 5.79. The lowest BCUT2D eigenvalue weighted by Gasteiger charge is -2.10. The molecule has 0 unspecified atom stereocenters. The van der Waals surface area contributed by atoms with E-state index in [2.05, 4.69) is 31.1 Å². The summed E-state index contributed by atoms with van der Waals surface area (Å²) in [7, 11) is 0. The molecular formula is C30H27NO4. The Balaban J connectivity index is 1.42. The highest BCUT2D eigenvalue weighted by Gasteiger charge is 2.23. The number of ketones is 1. The van der Waals surface area contributed by atoms with Crippen LogP contribution < -0.4 is 0 Å². The van der Waals surface area contributed by atoms with E-state index < -0.39 is 5.97 Å². The smallest absolute Gasteiger partial charge is 0.331 e. The first-order valence-corrected chi connectivity index (χ1v) is 11.9. The number of carbonyl (C=O) groups excluding carboxylic acids is 2. The summed E-state index contributed by atoms with van der Waals surface area (Å²) >= 11 is 0. The Morgan fingerprint density at radius 2 is 1.63 bits per heavy atom. The van der Waals surface area contributed by atoms with Gasteiger partial charge in [-0.05, 0) is 77.3 Å². The van der Waals surface area contributed by atoms with E-state index in [0.29, 0.717) is 22.8 Å². The van der Waals surface area contributed by atoms with Gasteiger partial charge in [0.1, 0.15) is 5.58 Å². The zero-order valence-electron chi connectivity index (χ0n) is 20.1. The van der Waals surface area contributed by atoms with Crippen molar-refractivity contribution in [1.82, 2.24) is 0 Å². The molecule has 0 fully saturated rings. The number of fused-ring (bicyclic) bond motifs is 4. The minimum Gasteiger partial charge on any atom is -0.453 e. The van der Waals surface area contributed by atoms with Gasteiger partial charge in [-0.3, -0.25) is 4.79 Å². The maximum atomic E-state index is 13.1. The number of hydrogen-bond acceptors (Lipinski definition) is 5. The van der Waals surface area contributed by atoms with Crippen molar-refractivity contribution >= 4 is 28.4 Å². The zero-order chi connectivity index (χ0) is 24.5. The van der Waals surface area contributed by atoms with Crippen LogP contribution in [0.2, 0.25) is 0 Å². The predicted molar refractivity (Wildman–Crippen MR) is 137 cm³/mol. The van der Waals surface area contributed by atoms with Crippen molar-refractivity contribution < 1.29 is 18.8 Å². The summed E-state index contributed by atoms with van der Waals surface area (Å²) in [5, 5.41) is 5.06. The molecule has 0 N–H and O–H groups in total. The summed E-state index contributed by atoms with van der Waals surface area (Å²) in [4.78, 5) is 29.4. The molecule has 1 aromatic heterocycles. The molecule has 0 saturated carbocycles. The van der Waals surface area contributed by atoms with Crippen LogP contribution in [0.1, 0.15) is 66.4 Å². The monoisotopic (exact) mass is 465 g/mol. The number of carbonyl (C=O) groups is 2. The Kier molecular flexibility index (Phi) is 6.08. The lowest BCUT2D eigenvalue weighted by molar-refractivity contribution is -0.140. The number of para-hydroxylation sites is 1. The molecule has 176 valence electrons. The van der Waals surface area contributed by atoms with E-state index in [4.69, 9.17) is 9.25 Å². The molecule has 0 atom stereocenters. The number of benzene rings is 3. The lowest BCUT2D eigenvalue weighted by Crippen LogP contribution is -2.06. The van der Waals surface area contributed by atoms with Crippen molar-refractivity contribution in [3.63, 3.8) is 0 Å². The fourth-order valence-electron chi connectivity index (χ4n) is 4.55. The highest BCUT2D eigenvalue weighted by Crippen LogP contribution is 2.38. The van der Waals surface area contributed by atoms with Gasteiger partial charge in [0.25, 0.3) is 0 Å². The Morgan fingerprint density at radius 3 is 2.31 bits per heavy atom. The Morgan fingerprint density at radius 1 is 0.943 bits per heavy atom. The van der Waals surface area contributed by atoms with Gasteiger partial charge in [-0.25, -0.2) is 4.79 Å². The van der Waals surface area contributed by atoms with Gasteiger partial charge in [-0.15, -0.1) is 0 Å². The maximum absolute atomic E-state index is 13.1. The van der Waals surface area contributed by atoms with Gasteiger partial charge in [-0.2, -0.15) is 0 Å². The van der Waals surface area contributed by atoms with Crippen molar-refractivity contribution in [2.24, 2.45) is 11.1 Å². The molecule has 0 bridgehead atoms. The van der Waals surface area contributed by atoms with Crippen LogP contribution in [0.15, 0.2) is 76.3 Å². The van der Waals surface area contributed by atoms with Crippen LogP contribution >= 0.6 is 0 Å². The van der Waals surface area contributed by atoms with E-state index in [1.54, 1.807) is 6.07 Å². The molecule has 1 aliphatic rings. The quantitative estimate of drug-likeness (QED) is 0.113. The third-order valence-electron chi connectivity index (χ3n) is 6.37. The van der Waals surface area contributed by atoms with E-state index >= 15 is 0 Å². The van der Waals surface area contributed by atoms with Crippen molar-refractivity contribution in [2.75, 3.05) is 0 Å². The first-order chi connectivity index (χ1) is 16.9. The van der Waals surface area contributed by atoms with Crippen molar-refractivity contribution in [2.45, 2.75) is 40.0 Å². The molecule has 5 nitrogen and oxygen atoms in total. The number of furan rings is 1. The second-order valence-corrected chi connectivity index (χ2v) is 9.45. The second kappa shape index (κ2) is 9.34.